The van der Waals surface area contributed by atoms with Crippen molar-refractivity contribution in [3.05, 3.63) is 34.4 Å². The van der Waals surface area contributed by atoms with Gasteiger partial charge in [0.15, 0.2) is 0 Å². The molecule has 1 rings (SSSR count). The van der Waals surface area contributed by atoms with E-state index in [1.54, 1.807) is 0 Å². The summed E-state index contributed by atoms with van der Waals surface area (Å²) < 4.78 is 5.49. The second-order valence-corrected chi connectivity index (χ2v) is 8.15. The third-order valence-electron chi connectivity index (χ3n) is 5.36. The van der Waals surface area contributed by atoms with Gasteiger partial charge in [0.05, 0.1) is 12.2 Å². The van der Waals surface area contributed by atoms with Gasteiger partial charge in [0.1, 0.15) is 0 Å². The fourth-order valence-electron chi connectivity index (χ4n) is 3.86. The number of rotatable bonds is 15. The van der Waals surface area contributed by atoms with E-state index in [-0.39, 0.29) is 5.97 Å². The van der Waals surface area contributed by atoms with Crippen molar-refractivity contribution in [2.24, 2.45) is 0 Å². The molecule has 0 aliphatic heterocycles. The second kappa shape index (κ2) is 14.7. The van der Waals surface area contributed by atoms with E-state index in [4.69, 9.17) is 4.74 Å². The zero-order chi connectivity index (χ0) is 19.9. The summed E-state index contributed by atoms with van der Waals surface area (Å²) >= 11 is 0. The van der Waals surface area contributed by atoms with E-state index in [1.165, 1.54) is 76.2 Å². The number of hydrogen-bond acceptors (Lipinski definition) is 2. The molecule has 0 atom stereocenters. The summed E-state index contributed by atoms with van der Waals surface area (Å²) in [7, 11) is 0. The Hall–Kier alpha value is -1.31. The molecule has 0 bridgehead atoms. The average Bonchev–Trinajstić information content (AvgIpc) is 2.61. The third kappa shape index (κ3) is 10.6. The van der Waals surface area contributed by atoms with Gasteiger partial charge >= 0.3 is 5.97 Å². The van der Waals surface area contributed by atoms with Crippen LogP contribution < -0.4 is 0 Å². The van der Waals surface area contributed by atoms with Gasteiger partial charge in [-0.2, -0.15) is 0 Å². The molecule has 0 aromatic heterocycles. The SMILES string of the molecule is CCCCCCCCCCCCCCCOC(=O)c1c(C)cc(C)cc1C. The Morgan fingerprint density at radius 3 is 1.56 bits per heavy atom. The highest BCUT2D eigenvalue weighted by atomic mass is 16.5. The van der Waals surface area contributed by atoms with Gasteiger partial charge in [0.2, 0.25) is 0 Å². The maximum Gasteiger partial charge on any atom is 0.338 e. The number of carbonyl (C=O) groups is 1. The molecule has 0 radical (unpaired) electrons. The average molecular weight is 375 g/mol. The van der Waals surface area contributed by atoms with E-state index in [0.717, 1.165) is 29.5 Å². The molecule has 1 aromatic rings. The molecule has 0 saturated heterocycles. The first-order valence-corrected chi connectivity index (χ1v) is 11.3. The van der Waals surface area contributed by atoms with E-state index < -0.39 is 0 Å². The van der Waals surface area contributed by atoms with Crippen LogP contribution in [0.15, 0.2) is 12.1 Å². The maximum absolute atomic E-state index is 12.3. The highest BCUT2D eigenvalue weighted by Gasteiger charge is 2.13. The van der Waals surface area contributed by atoms with Gasteiger partial charge in [0.25, 0.3) is 0 Å². The van der Waals surface area contributed by atoms with Crippen molar-refractivity contribution in [3.63, 3.8) is 0 Å². The molecule has 0 saturated carbocycles. The summed E-state index contributed by atoms with van der Waals surface area (Å²) in [6.07, 6.45) is 17.3. The first-order valence-electron chi connectivity index (χ1n) is 11.3. The highest BCUT2D eigenvalue weighted by Crippen LogP contribution is 2.18. The second-order valence-electron chi connectivity index (χ2n) is 8.15. The summed E-state index contributed by atoms with van der Waals surface area (Å²) in [6, 6.07) is 4.10. The van der Waals surface area contributed by atoms with Gasteiger partial charge in [-0.05, 0) is 38.3 Å². The lowest BCUT2D eigenvalue weighted by Gasteiger charge is -2.11. The van der Waals surface area contributed by atoms with Crippen molar-refractivity contribution in [2.45, 2.75) is 111 Å². The number of aryl methyl sites for hydroxylation is 3. The Kier molecular flexibility index (Phi) is 12.9. The molecule has 0 N–H and O–H groups in total. The normalized spacial score (nSPS) is 11.0. The van der Waals surface area contributed by atoms with Crippen LogP contribution in [0.5, 0.6) is 0 Å². The lowest BCUT2D eigenvalue weighted by atomic mass is 10.00. The Bertz CT molecular complexity index is 510. The molecule has 0 spiro atoms. The van der Waals surface area contributed by atoms with Gasteiger partial charge in [-0.15, -0.1) is 0 Å². The van der Waals surface area contributed by atoms with Crippen LogP contribution >= 0.6 is 0 Å². The monoisotopic (exact) mass is 374 g/mol. The molecular formula is C25H42O2. The Labute approximate surface area is 168 Å². The standard InChI is InChI=1S/C25H42O2/c1-5-6-7-8-9-10-11-12-13-14-15-16-17-18-27-25(26)24-22(3)19-21(2)20-23(24)4/h19-20H,5-18H2,1-4H3. The minimum Gasteiger partial charge on any atom is -0.462 e. The summed E-state index contributed by atoms with van der Waals surface area (Å²) in [6.45, 7) is 8.85. The van der Waals surface area contributed by atoms with E-state index >= 15 is 0 Å². The minimum atomic E-state index is -0.163. The summed E-state index contributed by atoms with van der Waals surface area (Å²) in [4.78, 5) is 12.3. The first kappa shape index (κ1) is 23.7. The van der Waals surface area contributed by atoms with Crippen molar-refractivity contribution in [1.82, 2.24) is 0 Å². The number of hydrogen-bond donors (Lipinski definition) is 0. The Balaban J connectivity index is 1.98. The minimum absolute atomic E-state index is 0.163. The Morgan fingerprint density at radius 2 is 1.11 bits per heavy atom. The molecule has 27 heavy (non-hydrogen) atoms. The quantitative estimate of drug-likeness (QED) is 0.231. The fraction of sp³-hybridized carbons (Fsp3) is 0.720. The molecule has 0 fully saturated rings. The predicted octanol–water partition coefficient (Wildman–Crippen LogP) is 7.86. The van der Waals surface area contributed by atoms with E-state index in [0.29, 0.717) is 6.61 Å². The van der Waals surface area contributed by atoms with Crippen LogP contribution in [0.25, 0.3) is 0 Å². The Morgan fingerprint density at radius 1 is 0.704 bits per heavy atom. The van der Waals surface area contributed by atoms with Crippen LogP contribution in [0.4, 0.5) is 0 Å². The number of ether oxygens (including phenoxy) is 1. The first-order chi connectivity index (χ1) is 13.1. The van der Waals surface area contributed by atoms with E-state index in [9.17, 15) is 4.79 Å². The molecule has 154 valence electrons. The van der Waals surface area contributed by atoms with E-state index in [2.05, 4.69) is 26.0 Å². The van der Waals surface area contributed by atoms with Gasteiger partial charge in [0, 0.05) is 0 Å². The molecule has 2 nitrogen and oxygen atoms in total. The molecule has 0 amide bonds. The summed E-state index contributed by atoms with van der Waals surface area (Å²) in [5.74, 6) is -0.163. The number of carbonyl (C=O) groups excluding carboxylic acids is 1. The van der Waals surface area contributed by atoms with Crippen molar-refractivity contribution in [3.8, 4) is 0 Å². The molecule has 0 aliphatic rings. The highest BCUT2D eigenvalue weighted by molar-refractivity contribution is 5.92. The molecule has 1 aromatic carbocycles. The van der Waals surface area contributed by atoms with Gasteiger partial charge in [-0.1, -0.05) is 102 Å². The zero-order valence-corrected chi connectivity index (χ0v) is 18.4. The fourth-order valence-corrected chi connectivity index (χ4v) is 3.86. The molecule has 0 heterocycles. The summed E-state index contributed by atoms with van der Waals surface area (Å²) in [5.41, 5.74) is 3.97. The van der Waals surface area contributed by atoms with Crippen molar-refractivity contribution in [2.75, 3.05) is 6.61 Å². The molecular weight excluding hydrogens is 332 g/mol. The van der Waals surface area contributed by atoms with Crippen LogP contribution in [0.3, 0.4) is 0 Å². The molecule has 0 unspecified atom stereocenters. The number of esters is 1. The largest absolute Gasteiger partial charge is 0.462 e. The lowest BCUT2D eigenvalue weighted by Crippen LogP contribution is -2.10. The van der Waals surface area contributed by atoms with Crippen LogP contribution in [0.2, 0.25) is 0 Å². The maximum atomic E-state index is 12.3. The van der Waals surface area contributed by atoms with Crippen molar-refractivity contribution in [1.29, 1.82) is 0 Å². The van der Waals surface area contributed by atoms with Gasteiger partial charge in [-0.3, -0.25) is 0 Å². The van der Waals surface area contributed by atoms with Crippen LogP contribution in [-0.2, 0) is 4.74 Å². The van der Waals surface area contributed by atoms with Crippen LogP contribution in [0, 0.1) is 20.8 Å². The zero-order valence-electron chi connectivity index (χ0n) is 18.4. The third-order valence-corrected chi connectivity index (χ3v) is 5.36. The van der Waals surface area contributed by atoms with Crippen molar-refractivity contribution < 1.29 is 9.53 Å². The van der Waals surface area contributed by atoms with E-state index in [1.807, 2.05) is 13.8 Å². The number of unbranched alkanes of at least 4 members (excludes halogenated alkanes) is 12. The van der Waals surface area contributed by atoms with Crippen molar-refractivity contribution >= 4 is 5.97 Å². The van der Waals surface area contributed by atoms with Crippen LogP contribution in [0.1, 0.15) is 117 Å². The lowest BCUT2D eigenvalue weighted by molar-refractivity contribution is 0.0496. The topological polar surface area (TPSA) is 26.3 Å². The number of benzene rings is 1. The summed E-state index contributed by atoms with van der Waals surface area (Å²) in [5, 5.41) is 0. The molecule has 0 aliphatic carbocycles. The van der Waals surface area contributed by atoms with Crippen LogP contribution in [-0.4, -0.2) is 12.6 Å². The van der Waals surface area contributed by atoms with Gasteiger partial charge in [-0.25, -0.2) is 4.79 Å². The smallest absolute Gasteiger partial charge is 0.338 e. The predicted molar refractivity (Wildman–Crippen MR) is 117 cm³/mol. The van der Waals surface area contributed by atoms with Gasteiger partial charge < -0.3 is 4.74 Å². The molecule has 2 heteroatoms.